The Morgan fingerprint density at radius 1 is 1.07 bits per heavy atom. The van der Waals surface area contributed by atoms with Gasteiger partial charge >= 0.3 is 232 Å². The Bertz CT molecular complexity index is 1510. The summed E-state index contributed by atoms with van der Waals surface area (Å²) < 4.78 is 26.4. The van der Waals surface area contributed by atoms with E-state index >= 15 is 0 Å². The summed E-state index contributed by atoms with van der Waals surface area (Å²) in [4.78, 5) is 24.0. The Kier molecular flexibility index (Phi) is 9.55. The molecule has 1 amide bonds. The zero-order valence-corrected chi connectivity index (χ0v) is 25.7. The van der Waals surface area contributed by atoms with E-state index in [1.807, 2.05) is 43.3 Å². The fourth-order valence-corrected chi connectivity index (χ4v) is 6.69. The van der Waals surface area contributed by atoms with Crippen molar-refractivity contribution in [1.82, 2.24) is 19.8 Å². The zero-order valence-electron chi connectivity index (χ0n) is 23.5. The van der Waals surface area contributed by atoms with Gasteiger partial charge in [0.05, 0.1) is 0 Å². The number of carbonyl (C=O) groups excluding carboxylic acids is 1. The molecule has 3 N–H and O–H groups in total. The molecule has 0 spiro atoms. The number of para-hydroxylation sites is 1. The third kappa shape index (κ3) is 7.45. The van der Waals surface area contributed by atoms with E-state index in [4.69, 9.17) is 14.7 Å². The molecule has 1 saturated carbocycles. The van der Waals surface area contributed by atoms with Crippen molar-refractivity contribution in [3.8, 4) is 5.75 Å². The van der Waals surface area contributed by atoms with E-state index in [1.165, 1.54) is 6.07 Å². The van der Waals surface area contributed by atoms with Crippen molar-refractivity contribution in [1.29, 1.82) is 0 Å². The molecule has 9 nitrogen and oxygen atoms in total. The number of benzene rings is 2. The van der Waals surface area contributed by atoms with Crippen LogP contribution in [0.4, 0.5) is 21.7 Å². The van der Waals surface area contributed by atoms with Crippen LogP contribution >= 0.6 is 0 Å². The first-order valence-electron chi connectivity index (χ1n) is 13.7. The Morgan fingerprint density at radius 3 is 2.54 bits per heavy atom. The molecule has 2 heterocycles. The van der Waals surface area contributed by atoms with E-state index in [-0.39, 0.29) is 17.8 Å². The molecule has 5 rings (SSSR count). The predicted octanol–water partition coefficient (Wildman–Crippen LogP) is 0.555. The summed E-state index contributed by atoms with van der Waals surface area (Å²) in [6, 6.07) is 14.5. The Hall–Kier alpha value is -3.45. The van der Waals surface area contributed by atoms with E-state index < -0.39 is 21.2 Å². The van der Waals surface area contributed by atoms with E-state index in [0.717, 1.165) is 53.8 Å². The second-order valence-electron chi connectivity index (χ2n) is 10.5. The third-order valence-corrected chi connectivity index (χ3v) is 9.08. The number of halogens is 2. The molecular weight excluding hydrogens is 636 g/mol. The van der Waals surface area contributed by atoms with Gasteiger partial charge in [-0.1, -0.05) is 0 Å². The molecule has 3 aromatic rings. The van der Waals surface area contributed by atoms with Crippen LogP contribution in [0.3, 0.4) is 0 Å². The zero-order chi connectivity index (χ0) is 28.8. The van der Waals surface area contributed by atoms with Gasteiger partial charge in [0, 0.05) is 0 Å². The summed E-state index contributed by atoms with van der Waals surface area (Å²) in [7, 11) is 5.43. The SMILES string of the molecule is COc1ccc(NC2=C[I-]C=c3nc(Nc4ccccc4F)n(C4CCC(CNC(=O)CN(C)C)CC4)c3=N2)cc1. The van der Waals surface area contributed by atoms with Crippen LogP contribution in [-0.4, -0.2) is 54.7 Å². The number of rotatable bonds is 10. The number of nitrogens with one attached hydrogen (secondary N) is 3. The van der Waals surface area contributed by atoms with Crippen molar-refractivity contribution >= 4 is 27.3 Å². The van der Waals surface area contributed by atoms with Crippen LogP contribution in [0.1, 0.15) is 31.7 Å². The minimum atomic E-state index is -0.450. The molecule has 2 aliphatic rings. The quantitative estimate of drug-likeness (QED) is 0.273. The van der Waals surface area contributed by atoms with Gasteiger partial charge in [0.15, 0.2) is 0 Å². The first kappa shape index (κ1) is 29.1. The molecule has 0 atom stereocenters. The number of imidazole rings is 1. The summed E-state index contributed by atoms with van der Waals surface area (Å²) in [6.45, 7) is 1.08. The van der Waals surface area contributed by atoms with Gasteiger partial charge in [-0.3, -0.25) is 0 Å². The van der Waals surface area contributed by atoms with Crippen molar-refractivity contribution in [2.45, 2.75) is 31.7 Å². The van der Waals surface area contributed by atoms with Gasteiger partial charge in [0.2, 0.25) is 0 Å². The Balaban J connectivity index is 1.41. The number of fused-ring (bicyclic) bond motifs is 1. The normalized spacial score (nSPS) is 18.5. The molecule has 1 fully saturated rings. The molecule has 2 aromatic carbocycles. The molecule has 0 unspecified atom stereocenters. The van der Waals surface area contributed by atoms with Crippen LogP contribution in [0, 0.1) is 11.7 Å². The van der Waals surface area contributed by atoms with Crippen LogP contribution < -0.4 is 52.7 Å². The maximum absolute atomic E-state index is 14.6. The average molecular weight is 673 g/mol. The van der Waals surface area contributed by atoms with E-state index in [9.17, 15) is 9.18 Å². The van der Waals surface area contributed by atoms with Crippen LogP contribution in [0.2, 0.25) is 0 Å². The Labute approximate surface area is 249 Å². The van der Waals surface area contributed by atoms with Gasteiger partial charge in [-0.05, 0) is 14.1 Å². The number of nitrogens with zero attached hydrogens (tertiary/aromatic N) is 4. The van der Waals surface area contributed by atoms with Crippen LogP contribution in [0.15, 0.2) is 63.4 Å². The minimum absolute atomic E-state index is 0.0507. The number of amides is 1. The monoisotopic (exact) mass is 672 g/mol. The summed E-state index contributed by atoms with van der Waals surface area (Å²) >= 11 is -0.450. The molecule has 11 heteroatoms. The number of hydrogen-bond donors (Lipinski definition) is 3. The predicted molar refractivity (Wildman–Crippen MR) is 154 cm³/mol. The number of anilines is 3. The number of carbonyl (C=O) groups is 1. The van der Waals surface area contributed by atoms with Gasteiger partial charge in [0.25, 0.3) is 0 Å². The molecule has 1 aliphatic carbocycles. The second-order valence-corrected chi connectivity index (χ2v) is 12.5. The van der Waals surface area contributed by atoms with Gasteiger partial charge in [0.1, 0.15) is 0 Å². The van der Waals surface area contributed by atoms with Gasteiger partial charge in [-0.2, -0.15) is 0 Å². The van der Waals surface area contributed by atoms with Crippen molar-refractivity contribution in [3.63, 3.8) is 0 Å². The standard InChI is InChI=1S/C30H36FIN7O2/c1-38(2)19-28(40)33-18-20-8-12-22(13-9-20)39-29-26(36-30(39)35-25-7-5-4-6-24(25)31)16-32-17-27(37-29)34-21-10-14-23(41-3)15-11-21/h4-7,10-11,14-17,20,22,34H,8-9,12-13,18-19H2,1-3H3,(H,33,40)(H,35,36)/q-1. The first-order chi connectivity index (χ1) is 19.9. The summed E-state index contributed by atoms with van der Waals surface area (Å²) in [6.07, 6.45) is 3.78. The van der Waals surface area contributed by atoms with Crippen LogP contribution in [0.5, 0.6) is 5.75 Å². The van der Waals surface area contributed by atoms with E-state index in [1.54, 1.807) is 25.3 Å². The molecular formula is C30H36FIN7O2-. The molecule has 0 saturated heterocycles. The summed E-state index contributed by atoms with van der Waals surface area (Å²) in [5.74, 6) is 2.30. The van der Waals surface area contributed by atoms with Crippen molar-refractivity contribution in [2.75, 3.05) is 44.9 Å². The van der Waals surface area contributed by atoms with Crippen LogP contribution in [0.25, 0.3) is 4.08 Å². The van der Waals surface area contributed by atoms with Crippen molar-refractivity contribution in [3.05, 3.63) is 75.1 Å². The van der Waals surface area contributed by atoms with Gasteiger partial charge in [-0.15, -0.1) is 0 Å². The summed E-state index contributed by atoms with van der Waals surface area (Å²) in [5, 5.41) is 10.6. The number of hydrogen-bond acceptors (Lipinski definition) is 7. The number of aromatic nitrogens is 2. The third-order valence-electron chi connectivity index (χ3n) is 7.18. The summed E-state index contributed by atoms with van der Waals surface area (Å²) in [5.41, 5.74) is 2.07. The van der Waals surface area contributed by atoms with Crippen molar-refractivity contribution < 1.29 is 35.1 Å². The number of likely N-dealkylation sites (N-methyl/N-ethyl adjacent to an activating group) is 1. The van der Waals surface area contributed by atoms with Gasteiger partial charge < -0.3 is 4.90 Å². The molecule has 1 aromatic heterocycles. The molecule has 218 valence electrons. The topological polar surface area (TPSA) is 95.8 Å². The van der Waals surface area contributed by atoms with Crippen LogP contribution in [-0.2, 0) is 4.79 Å². The first-order valence-corrected chi connectivity index (χ1v) is 16.2. The molecule has 0 radical (unpaired) electrons. The number of ether oxygens (including phenoxy) is 1. The van der Waals surface area contributed by atoms with Crippen molar-refractivity contribution in [2.24, 2.45) is 10.9 Å². The average Bonchev–Trinajstić information content (AvgIpc) is 3.17. The van der Waals surface area contributed by atoms with E-state index in [0.29, 0.717) is 30.6 Å². The number of methoxy groups -OCH3 is 1. The fourth-order valence-electron chi connectivity index (χ4n) is 5.12. The fraction of sp³-hybridized carbons (Fsp3) is 0.367. The molecule has 0 bridgehead atoms. The molecule has 41 heavy (non-hydrogen) atoms. The maximum atomic E-state index is 14.6. The molecule has 1 aliphatic heterocycles. The van der Waals surface area contributed by atoms with E-state index in [2.05, 4.69) is 28.7 Å². The second kappa shape index (κ2) is 13.5. The Morgan fingerprint density at radius 2 is 1.83 bits per heavy atom. The van der Waals surface area contributed by atoms with Gasteiger partial charge in [-0.25, -0.2) is 0 Å².